The summed E-state index contributed by atoms with van der Waals surface area (Å²) in [6.07, 6.45) is -7.93. The van der Waals surface area contributed by atoms with Crippen LogP contribution in [0.4, 0.5) is 26.3 Å². The first-order chi connectivity index (χ1) is 20.4. The Morgan fingerprint density at radius 3 is 2.11 bits per heavy atom. The lowest BCUT2D eigenvalue weighted by Gasteiger charge is -2.38. The fourth-order valence-electron chi connectivity index (χ4n) is 5.12. The maximum Gasteiger partial charge on any atom is 0.430 e. The van der Waals surface area contributed by atoms with E-state index < -0.39 is 46.8 Å². The second-order valence-electron chi connectivity index (χ2n) is 11.4. The van der Waals surface area contributed by atoms with Gasteiger partial charge < -0.3 is 14.6 Å². The second kappa shape index (κ2) is 13.2. The van der Waals surface area contributed by atoms with Gasteiger partial charge >= 0.3 is 12.4 Å². The predicted octanol–water partition coefficient (Wildman–Crippen LogP) is 7.17. The maximum absolute atomic E-state index is 13.6. The minimum absolute atomic E-state index is 0.0177. The molecule has 12 heteroatoms. The van der Waals surface area contributed by atoms with E-state index in [4.69, 9.17) is 9.47 Å². The van der Waals surface area contributed by atoms with Gasteiger partial charge in [0, 0.05) is 17.7 Å². The van der Waals surface area contributed by atoms with Crippen LogP contribution in [-0.2, 0) is 27.0 Å². The molecule has 1 heterocycles. The number of rotatable bonds is 12. The molecular weight excluding hydrogens is 592 g/mol. The van der Waals surface area contributed by atoms with E-state index >= 15 is 0 Å². The van der Waals surface area contributed by atoms with E-state index in [0.717, 1.165) is 6.07 Å². The molecule has 3 rings (SSSR count). The summed E-state index contributed by atoms with van der Waals surface area (Å²) >= 11 is 0. The van der Waals surface area contributed by atoms with Gasteiger partial charge in [-0.05, 0) is 82.3 Å². The van der Waals surface area contributed by atoms with Crippen molar-refractivity contribution in [1.82, 2.24) is 4.90 Å². The highest BCUT2D eigenvalue weighted by atomic mass is 19.4. The molecule has 0 spiro atoms. The van der Waals surface area contributed by atoms with Gasteiger partial charge in [0.2, 0.25) is 5.91 Å². The number of carbonyl (C=O) groups is 2. The number of alkyl halides is 6. The molecule has 242 valence electrons. The van der Waals surface area contributed by atoms with Crippen LogP contribution in [0.1, 0.15) is 70.6 Å². The summed E-state index contributed by atoms with van der Waals surface area (Å²) in [5.74, 6) is -0.142. The third-order valence-corrected chi connectivity index (χ3v) is 7.57. The molecule has 0 radical (unpaired) electrons. The number of carbonyl (C=O) groups excluding carboxylic acids is 2. The van der Waals surface area contributed by atoms with Crippen LogP contribution in [0.15, 0.2) is 54.6 Å². The standard InChI is InChI=1S/C32H37F6NO5/c1-6-8-22-19-24(30(42,31(33,34)35)32(36,37)38)12-15-26(22)43-18-7-9-21(4)39-27(40)16-17-29(5,28(39)41)23-10-13-25(14-11-23)44-20(2)3/h10-17,19-21,42H,6-9,18H2,1-5H3. The quantitative estimate of drug-likeness (QED) is 0.153. The number of nitrogens with zero attached hydrogens (tertiary/aromatic N) is 1. The summed E-state index contributed by atoms with van der Waals surface area (Å²) in [7, 11) is 0. The minimum atomic E-state index is -5.99. The third kappa shape index (κ3) is 7.06. The van der Waals surface area contributed by atoms with Gasteiger partial charge in [-0.3, -0.25) is 14.5 Å². The molecule has 0 fully saturated rings. The molecule has 0 aliphatic carbocycles. The van der Waals surface area contributed by atoms with Crippen molar-refractivity contribution in [2.45, 2.75) is 95.8 Å². The summed E-state index contributed by atoms with van der Waals surface area (Å²) in [5.41, 5.74) is -6.71. The maximum atomic E-state index is 13.6. The van der Waals surface area contributed by atoms with Crippen molar-refractivity contribution in [3.05, 3.63) is 71.3 Å². The average Bonchev–Trinajstić information content (AvgIpc) is 2.92. The van der Waals surface area contributed by atoms with Gasteiger partial charge in [-0.25, -0.2) is 0 Å². The summed E-state index contributed by atoms with van der Waals surface area (Å²) in [6.45, 7) is 8.94. The van der Waals surface area contributed by atoms with Crippen LogP contribution in [-0.4, -0.2) is 52.9 Å². The Kier molecular flexibility index (Phi) is 10.5. The van der Waals surface area contributed by atoms with Crippen molar-refractivity contribution in [3.8, 4) is 11.5 Å². The molecule has 1 N–H and O–H groups in total. The van der Waals surface area contributed by atoms with Crippen LogP contribution in [0.5, 0.6) is 11.5 Å². The number of hydrogen-bond acceptors (Lipinski definition) is 5. The molecule has 1 aliphatic rings. The van der Waals surface area contributed by atoms with Gasteiger partial charge in [-0.15, -0.1) is 0 Å². The molecule has 44 heavy (non-hydrogen) atoms. The molecule has 2 aromatic carbocycles. The zero-order valence-corrected chi connectivity index (χ0v) is 25.2. The Balaban J connectivity index is 1.70. The van der Waals surface area contributed by atoms with Crippen LogP contribution in [0.25, 0.3) is 0 Å². The first-order valence-electron chi connectivity index (χ1n) is 14.3. The van der Waals surface area contributed by atoms with E-state index in [1.54, 1.807) is 51.1 Å². The third-order valence-electron chi connectivity index (χ3n) is 7.57. The summed E-state index contributed by atoms with van der Waals surface area (Å²) in [6, 6.07) is 8.74. The number of imide groups is 1. The highest BCUT2D eigenvalue weighted by Gasteiger charge is 2.71. The lowest BCUT2D eigenvalue weighted by atomic mass is 9.78. The predicted molar refractivity (Wildman–Crippen MR) is 151 cm³/mol. The van der Waals surface area contributed by atoms with E-state index in [1.165, 1.54) is 11.0 Å². The smallest absolute Gasteiger partial charge is 0.430 e. The largest absolute Gasteiger partial charge is 0.493 e. The molecule has 0 saturated carbocycles. The number of halogens is 6. The van der Waals surface area contributed by atoms with E-state index in [9.17, 15) is 41.0 Å². The number of benzene rings is 2. The molecule has 0 saturated heterocycles. The number of ether oxygens (including phenoxy) is 2. The average molecular weight is 630 g/mol. The van der Waals surface area contributed by atoms with Gasteiger partial charge in [-0.1, -0.05) is 37.6 Å². The minimum Gasteiger partial charge on any atom is -0.493 e. The van der Waals surface area contributed by atoms with E-state index in [1.807, 2.05) is 13.8 Å². The van der Waals surface area contributed by atoms with Crippen molar-refractivity contribution in [2.75, 3.05) is 6.61 Å². The molecule has 2 amide bonds. The van der Waals surface area contributed by atoms with Crippen molar-refractivity contribution in [3.63, 3.8) is 0 Å². The SMILES string of the molecule is CCCc1cc(C(O)(C(F)(F)F)C(F)(F)F)ccc1OCCCC(C)N1C(=O)C=CC(C)(c2ccc(OC(C)C)cc2)C1=O. The summed E-state index contributed by atoms with van der Waals surface area (Å²) < 4.78 is 91.6. The van der Waals surface area contributed by atoms with Crippen LogP contribution in [0.3, 0.4) is 0 Å². The molecule has 2 aromatic rings. The van der Waals surface area contributed by atoms with E-state index in [2.05, 4.69) is 0 Å². The number of hydrogen-bond donors (Lipinski definition) is 1. The topological polar surface area (TPSA) is 76.1 Å². The Labute approximate surface area is 252 Å². The van der Waals surface area contributed by atoms with Crippen LogP contribution in [0, 0.1) is 0 Å². The molecule has 2 unspecified atom stereocenters. The van der Waals surface area contributed by atoms with Crippen molar-refractivity contribution in [2.24, 2.45) is 0 Å². The molecular formula is C32H37F6NO5. The monoisotopic (exact) mass is 629 g/mol. The van der Waals surface area contributed by atoms with Crippen molar-refractivity contribution < 1.29 is 50.5 Å². The number of amides is 2. The van der Waals surface area contributed by atoms with Gasteiger partial charge in [-0.2, -0.15) is 26.3 Å². The lowest BCUT2D eigenvalue weighted by molar-refractivity contribution is -0.376. The van der Waals surface area contributed by atoms with Gasteiger partial charge in [0.25, 0.3) is 11.5 Å². The van der Waals surface area contributed by atoms with E-state index in [0.29, 0.717) is 42.7 Å². The fraction of sp³-hybridized carbons (Fsp3) is 0.500. The number of aryl methyl sites for hydroxylation is 1. The lowest BCUT2D eigenvalue weighted by Crippen LogP contribution is -2.53. The molecule has 1 aliphatic heterocycles. The molecule has 0 aromatic heterocycles. The van der Waals surface area contributed by atoms with Gasteiger partial charge in [0.05, 0.1) is 18.1 Å². The highest BCUT2D eigenvalue weighted by molar-refractivity contribution is 6.09. The Morgan fingerprint density at radius 1 is 0.955 bits per heavy atom. The summed E-state index contributed by atoms with van der Waals surface area (Å²) in [4.78, 5) is 27.5. The van der Waals surface area contributed by atoms with Crippen LogP contribution < -0.4 is 9.47 Å². The molecule has 6 nitrogen and oxygen atoms in total. The fourth-order valence-corrected chi connectivity index (χ4v) is 5.12. The van der Waals surface area contributed by atoms with Crippen molar-refractivity contribution in [1.29, 1.82) is 0 Å². The molecule has 2 atom stereocenters. The Hall–Kier alpha value is -3.54. The van der Waals surface area contributed by atoms with Crippen LogP contribution >= 0.6 is 0 Å². The number of aliphatic hydroxyl groups is 1. The summed E-state index contributed by atoms with van der Waals surface area (Å²) in [5, 5.41) is 9.77. The zero-order chi connectivity index (χ0) is 33.1. The highest BCUT2D eigenvalue weighted by Crippen LogP contribution is 2.50. The first-order valence-corrected chi connectivity index (χ1v) is 14.3. The van der Waals surface area contributed by atoms with Gasteiger partial charge in [0.1, 0.15) is 11.5 Å². The van der Waals surface area contributed by atoms with Crippen molar-refractivity contribution >= 4 is 11.8 Å². The Bertz CT molecular complexity index is 1340. The second-order valence-corrected chi connectivity index (χ2v) is 11.4. The normalized spacial score (nSPS) is 18.6. The molecule has 0 bridgehead atoms. The van der Waals surface area contributed by atoms with Crippen LogP contribution in [0.2, 0.25) is 0 Å². The first kappa shape index (κ1) is 34.9. The van der Waals surface area contributed by atoms with E-state index in [-0.39, 0.29) is 30.4 Å². The Morgan fingerprint density at radius 2 is 1.57 bits per heavy atom. The zero-order valence-electron chi connectivity index (χ0n) is 25.2. The van der Waals surface area contributed by atoms with Gasteiger partial charge in [0.15, 0.2) is 0 Å².